The van der Waals surface area contributed by atoms with Gasteiger partial charge in [-0.05, 0) is 18.2 Å². The third-order valence-corrected chi connectivity index (χ3v) is 2.90. The van der Waals surface area contributed by atoms with Crippen molar-refractivity contribution >= 4 is 0 Å². The Balaban J connectivity index is 1.88. The van der Waals surface area contributed by atoms with Gasteiger partial charge in [-0.1, -0.05) is 0 Å². The highest BCUT2D eigenvalue weighted by Gasteiger charge is 2.04. The molecule has 0 fully saturated rings. The van der Waals surface area contributed by atoms with Gasteiger partial charge in [0.25, 0.3) is 0 Å². The largest absolute Gasteiger partial charge is 0.496 e. The SMILES string of the molecule is COc1ccc(C#N)cc1CNCCc1ncn(C)n1. The molecule has 1 aromatic carbocycles. The molecular formula is C14H17N5O. The zero-order chi connectivity index (χ0) is 14.4. The zero-order valence-electron chi connectivity index (χ0n) is 11.6. The Kier molecular flexibility index (Phi) is 4.69. The molecule has 104 valence electrons. The average molecular weight is 271 g/mol. The molecule has 6 nitrogen and oxygen atoms in total. The second kappa shape index (κ2) is 6.68. The first-order chi connectivity index (χ1) is 9.72. The van der Waals surface area contributed by atoms with Gasteiger partial charge in [0.1, 0.15) is 12.1 Å². The van der Waals surface area contributed by atoms with E-state index in [2.05, 4.69) is 21.5 Å². The van der Waals surface area contributed by atoms with Crippen LogP contribution in [-0.4, -0.2) is 28.4 Å². The van der Waals surface area contributed by atoms with Crippen LogP contribution in [0.1, 0.15) is 17.0 Å². The van der Waals surface area contributed by atoms with E-state index in [9.17, 15) is 0 Å². The maximum atomic E-state index is 8.92. The fourth-order valence-corrected chi connectivity index (χ4v) is 1.91. The molecule has 6 heteroatoms. The Morgan fingerprint density at radius 3 is 2.95 bits per heavy atom. The summed E-state index contributed by atoms with van der Waals surface area (Å²) in [5.74, 6) is 1.60. The van der Waals surface area contributed by atoms with Crippen LogP contribution in [0, 0.1) is 11.3 Å². The maximum Gasteiger partial charge on any atom is 0.151 e. The van der Waals surface area contributed by atoms with E-state index in [4.69, 9.17) is 10.00 Å². The van der Waals surface area contributed by atoms with Crippen LogP contribution in [-0.2, 0) is 20.0 Å². The van der Waals surface area contributed by atoms with Gasteiger partial charge in [0.2, 0.25) is 0 Å². The third-order valence-electron chi connectivity index (χ3n) is 2.90. The normalized spacial score (nSPS) is 10.2. The first-order valence-corrected chi connectivity index (χ1v) is 6.35. The van der Waals surface area contributed by atoms with Crippen LogP contribution in [0.25, 0.3) is 0 Å². The molecule has 2 rings (SSSR count). The number of benzene rings is 1. The predicted molar refractivity (Wildman–Crippen MR) is 74.1 cm³/mol. The summed E-state index contributed by atoms with van der Waals surface area (Å²) in [6.45, 7) is 1.41. The Hall–Kier alpha value is -2.39. The molecule has 1 heterocycles. The molecule has 0 saturated carbocycles. The number of rotatable bonds is 6. The Labute approximate surface area is 118 Å². The molecule has 0 spiro atoms. The molecule has 0 radical (unpaired) electrons. The molecule has 0 aliphatic rings. The van der Waals surface area contributed by atoms with Crippen molar-refractivity contribution < 1.29 is 4.74 Å². The van der Waals surface area contributed by atoms with E-state index >= 15 is 0 Å². The lowest BCUT2D eigenvalue weighted by molar-refractivity contribution is 0.407. The topological polar surface area (TPSA) is 75.8 Å². The van der Waals surface area contributed by atoms with Crippen molar-refractivity contribution in [1.29, 1.82) is 5.26 Å². The molecule has 1 aromatic heterocycles. The van der Waals surface area contributed by atoms with E-state index in [1.54, 1.807) is 24.2 Å². The number of nitrogens with zero attached hydrogens (tertiary/aromatic N) is 4. The monoisotopic (exact) mass is 271 g/mol. The average Bonchev–Trinajstić information content (AvgIpc) is 2.89. The third kappa shape index (κ3) is 3.56. The van der Waals surface area contributed by atoms with Crippen molar-refractivity contribution in [3.63, 3.8) is 0 Å². The lowest BCUT2D eigenvalue weighted by Crippen LogP contribution is -2.18. The Bertz CT molecular complexity index is 614. The summed E-state index contributed by atoms with van der Waals surface area (Å²) in [5.41, 5.74) is 1.61. The summed E-state index contributed by atoms with van der Waals surface area (Å²) < 4.78 is 6.98. The molecule has 0 saturated heterocycles. The highest BCUT2D eigenvalue weighted by molar-refractivity contribution is 5.41. The summed E-state index contributed by atoms with van der Waals surface area (Å²) in [6, 6.07) is 7.54. The smallest absolute Gasteiger partial charge is 0.151 e. The van der Waals surface area contributed by atoms with Crippen molar-refractivity contribution in [3.8, 4) is 11.8 Å². The Morgan fingerprint density at radius 1 is 1.45 bits per heavy atom. The minimum Gasteiger partial charge on any atom is -0.496 e. The molecule has 2 aromatic rings. The molecule has 0 aliphatic carbocycles. The first-order valence-electron chi connectivity index (χ1n) is 6.35. The number of ether oxygens (including phenoxy) is 1. The summed E-state index contributed by atoms with van der Waals surface area (Å²) in [7, 11) is 3.48. The van der Waals surface area contributed by atoms with Gasteiger partial charge >= 0.3 is 0 Å². The number of nitrogens with one attached hydrogen (secondary N) is 1. The number of hydrogen-bond donors (Lipinski definition) is 1. The fraction of sp³-hybridized carbons (Fsp3) is 0.357. The number of nitriles is 1. The van der Waals surface area contributed by atoms with Crippen molar-refractivity contribution in [2.24, 2.45) is 7.05 Å². The summed E-state index contributed by atoms with van der Waals surface area (Å²) in [6.07, 6.45) is 2.45. The van der Waals surface area contributed by atoms with Gasteiger partial charge in [0.05, 0.1) is 18.7 Å². The molecule has 0 amide bonds. The maximum absolute atomic E-state index is 8.92. The fourth-order valence-electron chi connectivity index (χ4n) is 1.91. The van der Waals surface area contributed by atoms with Crippen LogP contribution in [0.3, 0.4) is 0 Å². The zero-order valence-corrected chi connectivity index (χ0v) is 11.6. The lowest BCUT2D eigenvalue weighted by Gasteiger charge is -2.09. The number of aromatic nitrogens is 3. The second-order valence-electron chi connectivity index (χ2n) is 4.40. The van der Waals surface area contributed by atoms with Crippen molar-refractivity contribution in [3.05, 3.63) is 41.5 Å². The summed E-state index contributed by atoms with van der Waals surface area (Å²) in [5, 5.41) is 16.4. The van der Waals surface area contributed by atoms with E-state index in [1.807, 2.05) is 19.2 Å². The van der Waals surface area contributed by atoms with E-state index in [0.29, 0.717) is 12.1 Å². The molecule has 0 bridgehead atoms. The van der Waals surface area contributed by atoms with Crippen LogP contribution in [0.15, 0.2) is 24.5 Å². The number of aryl methyl sites for hydroxylation is 1. The van der Waals surface area contributed by atoms with E-state index < -0.39 is 0 Å². The Morgan fingerprint density at radius 2 is 2.30 bits per heavy atom. The minimum absolute atomic E-state index is 0.633. The standard InChI is InChI=1S/C14H17N5O/c1-19-10-17-14(18-19)5-6-16-9-12-7-11(8-15)3-4-13(12)20-2/h3-4,7,10,16H,5-6,9H2,1-2H3. The molecule has 0 unspecified atom stereocenters. The second-order valence-corrected chi connectivity index (χ2v) is 4.40. The van der Waals surface area contributed by atoms with Crippen LogP contribution in [0.5, 0.6) is 5.75 Å². The van der Waals surface area contributed by atoms with Gasteiger partial charge in [-0.3, -0.25) is 4.68 Å². The van der Waals surface area contributed by atoms with Gasteiger partial charge in [-0.25, -0.2) is 4.98 Å². The van der Waals surface area contributed by atoms with E-state index in [0.717, 1.165) is 30.1 Å². The number of hydrogen-bond acceptors (Lipinski definition) is 5. The van der Waals surface area contributed by atoms with E-state index in [-0.39, 0.29) is 0 Å². The quantitative estimate of drug-likeness (QED) is 0.794. The van der Waals surface area contributed by atoms with Gasteiger partial charge in [0.15, 0.2) is 5.82 Å². The number of methoxy groups -OCH3 is 1. The van der Waals surface area contributed by atoms with Crippen molar-refractivity contribution in [2.75, 3.05) is 13.7 Å². The van der Waals surface area contributed by atoms with Crippen molar-refractivity contribution in [1.82, 2.24) is 20.1 Å². The van der Waals surface area contributed by atoms with Crippen LogP contribution in [0.4, 0.5) is 0 Å². The summed E-state index contributed by atoms with van der Waals surface area (Å²) >= 11 is 0. The van der Waals surface area contributed by atoms with Crippen LogP contribution >= 0.6 is 0 Å². The summed E-state index contributed by atoms with van der Waals surface area (Å²) in [4.78, 5) is 4.17. The predicted octanol–water partition coefficient (Wildman–Crippen LogP) is 1.03. The van der Waals surface area contributed by atoms with Gasteiger partial charge < -0.3 is 10.1 Å². The van der Waals surface area contributed by atoms with E-state index in [1.165, 1.54) is 0 Å². The molecular weight excluding hydrogens is 254 g/mol. The van der Waals surface area contributed by atoms with Crippen LogP contribution < -0.4 is 10.1 Å². The lowest BCUT2D eigenvalue weighted by atomic mass is 10.1. The van der Waals surface area contributed by atoms with Gasteiger partial charge in [-0.15, -0.1) is 0 Å². The highest BCUT2D eigenvalue weighted by atomic mass is 16.5. The molecule has 0 atom stereocenters. The molecule has 1 N–H and O–H groups in total. The van der Waals surface area contributed by atoms with Crippen molar-refractivity contribution in [2.45, 2.75) is 13.0 Å². The van der Waals surface area contributed by atoms with Crippen LogP contribution in [0.2, 0.25) is 0 Å². The first kappa shape index (κ1) is 14.0. The molecule has 20 heavy (non-hydrogen) atoms. The van der Waals surface area contributed by atoms with Gasteiger partial charge in [-0.2, -0.15) is 10.4 Å². The minimum atomic E-state index is 0.633. The molecule has 0 aliphatic heterocycles. The van der Waals surface area contributed by atoms with Gasteiger partial charge in [0, 0.05) is 32.1 Å². The highest BCUT2D eigenvalue weighted by Crippen LogP contribution is 2.19.